The maximum atomic E-state index is 12.3. The van der Waals surface area contributed by atoms with E-state index in [1.807, 2.05) is 20.8 Å². The van der Waals surface area contributed by atoms with Gasteiger partial charge in [0.25, 0.3) is 5.56 Å². The molecule has 0 bridgehead atoms. The van der Waals surface area contributed by atoms with Crippen molar-refractivity contribution >= 4 is 27.5 Å². The summed E-state index contributed by atoms with van der Waals surface area (Å²) in [6, 6.07) is 4.69. The second-order valence-electron chi connectivity index (χ2n) is 5.98. The summed E-state index contributed by atoms with van der Waals surface area (Å²) < 4.78 is 5.37. The number of thiophene rings is 1. The van der Waals surface area contributed by atoms with Crippen molar-refractivity contribution in [2.24, 2.45) is 0 Å². The largest absolute Gasteiger partial charge is 0.507 e. The Balaban J connectivity index is 1.92. The van der Waals surface area contributed by atoms with E-state index in [1.165, 1.54) is 17.4 Å². The molecule has 0 aliphatic carbocycles. The van der Waals surface area contributed by atoms with Gasteiger partial charge in [-0.25, -0.2) is 9.78 Å². The molecule has 0 aliphatic heterocycles. The van der Waals surface area contributed by atoms with Crippen LogP contribution in [0.2, 0.25) is 0 Å². The van der Waals surface area contributed by atoms with E-state index in [-0.39, 0.29) is 22.7 Å². The number of carbonyl (C=O) groups excluding carboxylic acids is 1. The first-order valence-corrected chi connectivity index (χ1v) is 8.60. The average molecular weight is 358 g/mol. The minimum absolute atomic E-state index is 0.0816. The molecule has 2 heterocycles. The Kier molecular flexibility index (Phi) is 4.34. The van der Waals surface area contributed by atoms with Crippen LogP contribution in [0.1, 0.15) is 45.2 Å². The summed E-state index contributed by atoms with van der Waals surface area (Å²) in [5.74, 6) is -0.543. The van der Waals surface area contributed by atoms with Gasteiger partial charge in [-0.2, -0.15) is 0 Å². The molecule has 0 amide bonds. The molecule has 7 heteroatoms. The van der Waals surface area contributed by atoms with Gasteiger partial charge in [-0.3, -0.25) is 4.79 Å². The molecular weight excluding hydrogens is 340 g/mol. The number of nitrogens with one attached hydrogen (secondary N) is 1. The topological polar surface area (TPSA) is 92.3 Å². The molecule has 25 heavy (non-hydrogen) atoms. The molecular formula is C18H18N2O4S. The second kappa shape index (κ2) is 6.33. The van der Waals surface area contributed by atoms with Gasteiger partial charge in [0.05, 0.1) is 5.39 Å². The minimum Gasteiger partial charge on any atom is -0.507 e. The first-order valence-electron chi connectivity index (χ1n) is 7.78. The summed E-state index contributed by atoms with van der Waals surface area (Å²) in [6.07, 6.45) is -0.757. The highest BCUT2D eigenvalue weighted by atomic mass is 32.1. The number of fused-ring (bicyclic) bond motifs is 1. The van der Waals surface area contributed by atoms with E-state index in [1.54, 1.807) is 19.1 Å². The summed E-state index contributed by atoms with van der Waals surface area (Å²) in [7, 11) is 0. The van der Waals surface area contributed by atoms with E-state index in [2.05, 4.69) is 9.97 Å². The van der Waals surface area contributed by atoms with Crippen molar-refractivity contribution in [1.82, 2.24) is 9.97 Å². The van der Waals surface area contributed by atoms with Crippen LogP contribution in [0.4, 0.5) is 0 Å². The number of phenols is 1. The summed E-state index contributed by atoms with van der Waals surface area (Å²) in [5.41, 5.74) is 1.57. The number of hydrogen-bond donors (Lipinski definition) is 2. The van der Waals surface area contributed by atoms with E-state index in [0.29, 0.717) is 10.2 Å². The van der Waals surface area contributed by atoms with E-state index in [0.717, 1.165) is 16.0 Å². The lowest BCUT2D eigenvalue weighted by Crippen LogP contribution is -2.17. The van der Waals surface area contributed by atoms with Crippen molar-refractivity contribution in [1.29, 1.82) is 0 Å². The van der Waals surface area contributed by atoms with Crippen LogP contribution in [-0.2, 0) is 4.74 Å². The highest BCUT2D eigenvalue weighted by molar-refractivity contribution is 7.18. The van der Waals surface area contributed by atoms with Crippen molar-refractivity contribution in [2.75, 3.05) is 0 Å². The standard InChI is InChI=1S/C18H18N2O4S/c1-8-5-6-13(21)12(7-8)18(23)24-10(3)15-19-16(22)14-9(2)11(4)25-17(14)20-15/h5-7,10,21H,1-4H3,(H,19,20,22)/t10-/m0/s1. The van der Waals surface area contributed by atoms with Crippen LogP contribution in [0.25, 0.3) is 10.2 Å². The van der Waals surface area contributed by atoms with E-state index >= 15 is 0 Å². The molecule has 130 valence electrons. The number of aromatic nitrogens is 2. The molecule has 0 fully saturated rings. The molecule has 0 saturated carbocycles. The number of aromatic amines is 1. The maximum absolute atomic E-state index is 12.3. The Hall–Kier alpha value is -2.67. The number of H-pyrrole nitrogens is 1. The smallest absolute Gasteiger partial charge is 0.342 e. The molecule has 0 spiro atoms. The predicted molar refractivity (Wildman–Crippen MR) is 96.4 cm³/mol. The number of phenolic OH excluding ortho intramolecular Hbond substituents is 1. The summed E-state index contributed by atoms with van der Waals surface area (Å²) >= 11 is 1.43. The number of nitrogens with zero attached hydrogens (tertiary/aromatic N) is 1. The third-order valence-corrected chi connectivity index (χ3v) is 5.20. The fraction of sp³-hybridized carbons (Fsp3) is 0.278. The van der Waals surface area contributed by atoms with Crippen LogP contribution < -0.4 is 5.56 Å². The monoisotopic (exact) mass is 358 g/mol. The molecule has 1 atom stereocenters. The fourth-order valence-electron chi connectivity index (χ4n) is 2.56. The lowest BCUT2D eigenvalue weighted by atomic mass is 10.1. The molecule has 3 aromatic rings. The van der Waals surface area contributed by atoms with Crippen molar-refractivity contribution in [2.45, 2.75) is 33.8 Å². The van der Waals surface area contributed by atoms with Crippen LogP contribution in [0, 0.1) is 20.8 Å². The lowest BCUT2D eigenvalue weighted by molar-refractivity contribution is 0.0317. The fourth-order valence-corrected chi connectivity index (χ4v) is 3.59. The highest BCUT2D eigenvalue weighted by Gasteiger charge is 2.20. The number of rotatable bonds is 3. The number of aryl methyl sites for hydroxylation is 3. The normalized spacial score (nSPS) is 12.3. The van der Waals surface area contributed by atoms with E-state index in [4.69, 9.17) is 4.74 Å². The van der Waals surface area contributed by atoms with Gasteiger partial charge in [-0.15, -0.1) is 11.3 Å². The number of ether oxygens (including phenoxy) is 1. The molecule has 0 radical (unpaired) electrons. The second-order valence-corrected chi connectivity index (χ2v) is 7.19. The zero-order valence-electron chi connectivity index (χ0n) is 14.3. The Morgan fingerprint density at radius 2 is 2.04 bits per heavy atom. The van der Waals surface area contributed by atoms with E-state index < -0.39 is 12.1 Å². The molecule has 2 N–H and O–H groups in total. The van der Waals surface area contributed by atoms with Crippen LogP contribution in [0.15, 0.2) is 23.0 Å². The van der Waals surface area contributed by atoms with Crippen molar-refractivity contribution in [3.63, 3.8) is 0 Å². The zero-order valence-corrected chi connectivity index (χ0v) is 15.2. The summed E-state index contributed by atoms with van der Waals surface area (Å²) in [6.45, 7) is 7.26. The Labute approximate surface area is 148 Å². The number of hydrogen-bond acceptors (Lipinski definition) is 6. The molecule has 2 aromatic heterocycles. The number of aromatic hydroxyl groups is 1. The van der Waals surface area contributed by atoms with Crippen LogP contribution in [0.5, 0.6) is 5.75 Å². The predicted octanol–water partition coefficient (Wildman–Crippen LogP) is 3.53. The molecule has 1 aromatic carbocycles. The summed E-state index contributed by atoms with van der Waals surface area (Å²) in [5, 5.41) is 10.4. The average Bonchev–Trinajstić information content (AvgIpc) is 2.84. The van der Waals surface area contributed by atoms with Gasteiger partial charge in [0.2, 0.25) is 0 Å². The maximum Gasteiger partial charge on any atom is 0.342 e. The van der Waals surface area contributed by atoms with Gasteiger partial charge in [0.15, 0.2) is 11.9 Å². The number of benzene rings is 1. The highest BCUT2D eigenvalue weighted by Crippen LogP contribution is 2.27. The van der Waals surface area contributed by atoms with Gasteiger partial charge in [0.1, 0.15) is 16.1 Å². The first-order chi connectivity index (χ1) is 11.8. The van der Waals surface area contributed by atoms with Crippen LogP contribution >= 0.6 is 11.3 Å². The molecule has 3 rings (SSSR count). The van der Waals surface area contributed by atoms with Gasteiger partial charge >= 0.3 is 5.97 Å². The SMILES string of the molecule is Cc1ccc(O)c(C(=O)O[C@@H](C)c2nc3sc(C)c(C)c3c(=O)[nH]2)c1. The third-order valence-electron chi connectivity index (χ3n) is 4.10. The Morgan fingerprint density at radius 1 is 1.32 bits per heavy atom. The number of carbonyl (C=O) groups is 1. The first kappa shape index (κ1) is 17.2. The summed E-state index contributed by atoms with van der Waals surface area (Å²) in [4.78, 5) is 33.4. The van der Waals surface area contributed by atoms with Crippen molar-refractivity contribution < 1.29 is 14.6 Å². The molecule has 6 nitrogen and oxygen atoms in total. The van der Waals surface area contributed by atoms with Crippen LogP contribution in [-0.4, -0.2) is 21.0 Å². The Bertz CT molecular complexity index is 1040. The van der Waals surface area contributed by atoms with Gasteiger partial charge in [-0.1, -0.05) is 11.6 Å². The van der Waals surface area contributed by atoms with Crippen molar-refractivity contribution in [3.05, 3.63) is 55.9 Å². The van der Waals surface area contributed by atoms with Crippen LogP contribution in [0.3, 0.4) is 0 Å². The quantitative estimate of drug-likeness (QED) is 0.699. The molecule has 0 unspecified atom stereocenters. The van der Waals surface area contributed by atoms with Gasteiger partial charge in [0, 0.05) is 4.88 Å². The molecule has 0 saturated heterocycles. The zero-order chi connectivity index (χ0) is 18.3. The van der Waals surface area contributed by atoms with Crippen molar-refractivity contribution in [3.8, 4) is 5.75 Å². The lowest BCUT2D eigenvalue weighted by Gasteiger charge is -2.13. The minimum atomic E-state index is -0.757. The third kappa shape index (κ3) is 3.15. The van der Waals surface area contributed by atoms with E-state index in [9.17, 15) is 14.7 Å². The number of esters is 1. The Morgan fingerprint density at radius 3 is 2.76 bits per heavy atom. The van der Waals surface area contributed by atoms with Gasteiger partial charge < -0.3 is 14.8 Å². The molecule has 0 aliphatic rings. The van der Waals surface area contributed by atoms with Gasteiger partial charge in [-0.05, 0) is 45.4 Å².